The van der Waals surface area contributed by atoms with E-state index in [2.05, 4.69) is 0 Å². The van der Waals surface area contributed by atoms with Crippen molar-refractivity contribution in [3.05, 3.63) is 81.1 Å². The summed E-state index contributed by atoms with van der Waals surface area (Å²) in [4.78, 5) is 37.7. The predicted octanol–water partition coefficient (Wildman–Crippen LogP) is 3.23. The van der Waals surface area contributed by atoms with E-state index in [1.54, 1.807) is 6.07 Å². The van der Waals surface area contributed by atoms with Crippen LogP contribution in [0, 0.1) is 11.8 Å². The normalized spacial score (nSPS) is 24.8. The Morgan fingerprint density at radius 3 is 2.28 bits per heavy atom. The lowest BCUT2D eigenvalue weighted by atomic mass is 9.59. The number of benzene rings is 2. The third-order valence-corrected chi connectivity index (χ3v) is 8.01. The number of rotatable bonds is 4. The number of fused-ring (bicyclic) bond motifs is 3. The highest BCUT2D eigenvalue weighted by Crippen LogP contribution is 2.52. The number of aliphatic hydroxyl groups is 3. The number of primary amides is 1. The number of aryl methyl sites for hydroxylation is 2. The second-order valence-corrected chi connectivity index (χ2v) is 10.2. The average Bonchev–Trinajstić information content (AvgIpc) is 2.85. The van der Waals surface area contributed by atoms with E-state index in [1.165, 1.54) is 18.2 Å². The molecule has 3 aliphatic rings. The lowest BCUT2D eigenvalue weighted by molar-refractivity contribution is -0.147. The van der Waals surface area contributed by atoms with Gasteiger partial charge >= 0.3 is 6.18 Å². The van der Waals surface area contributed by atoms with Crippen LogP contribution in [-0.4, -0.2) is 43.5 Å². The zero-order valence-corrected chi connectivity index (χ0v) is 20.4. The van der Waals surface area contributed by atoms with Crippen LogP contribution in [0.4, 0.5) is 13.2 Å². The average molecular weight is 543 g/mol. The Bertz CT molecular complexity index is 1490. The number of Topliss-reactive ketones (excluding diaryl/α,β-unsaturated/α-hetero) is 2. The highest BCUT2D eigenvalue weighted by Gasteiger charge is 2.60. The first-order valence-corrected chi connectivity index (χ1v) is 12.2. The quantitative estimate of drug-likeness (QED) is 0.371. The predicted molar refractivity (Wildman–Crippen MR) is 130 cm³/mol. The van der Waals surface area contributed by atoms with Gasteiger partial charge in [-0.3, -0.25) is 14.4 Å². The molecule has 11 heteroatoms. The molecule has 0 heterocycles. The zero-order valence-electron chi connectivity index (χ0n) is 20.4. The first-order chi connectivity index (χ1) is 18.2. The summed E-state index contributed by atoms with van der Waals surface area (Å²) >= 11 is 0. The number of nitrogens with two attached hydrogens (primary N) is 1. The summed E-state index contributed by atoms with van der Waals surface area (Å²) < 4.78 is 38.6. The van der Waals surface area contributed by atoms with Gasteiger partial charge in [0.25, 0.3) is 5.91 Å². The number of carbonyl (C=O) groups is 3. The van der Waals surface area contributed by atoms with E-state index in [0.717, 1.165) is 12.1 Å². The van der Waals surface area contributed by atoms with Crippen LogP contribution < -0.4 is 5.73 Å². The van der Waals surface area contributed by atoms with Gasteiger partial charge in [0.1, 0.15) is 22.8 Å². The van der Waals surface area contributed by atoms with Gasteiger partial charge in [-0.15, -0.1) is 0 Å². The molecule has 3 atom stereocenters. The number of phenolic OH excluding ortho intramolecular Hbond substituents is 1. The molecular weight excluding hydrogens is 519 g/mol. The standard InChI is InChI=1S/C28H24F3NO7/c29-28(30,31)15-6-2-12(3-7-15)1-4-13-5-8-18(33)21-17(13)10-14-9-16-11-19(34)22(26(32)38)25(37)27(16,39)24(36)20(14)23(21)35/h2-3,5-8,14,16,33,35,37,39H,1,4,9-11H2,(H2,32,38)/t14-,16+,27+/m1/s1. The van der Waals surface area contributed by atoms with Crippen LogP contribution in [0.1, 0.15) is 40.7 Å². The Hall–Kier alpha value is -4.12. The number of alkyl halides is 3. The Morgan fingerprint density at radius 1 is 1.00 bits per heavy atom. The first kappa shape index (κ1) is 26.5. The minimum absolute atomic E-state index is 0.0108. The molecule has 0 unspecified atom stereocenters. The molecular formula is C28H24F3NO7. The highest BCUT2D eigenvalue weighted by molar-refractivity contribution is 6.22. The fourth-order valence-electron chi connectivity index (χ4n) is 6.06. The van der Waals surface area contributed by atoms with Crippen molar-refractivity contribution in [1.82, 2.24) is 0 Å². The van der Waals surface area contributed by atoms with Crippen molar-refractivity contribution in [3.8, 4) is 5.75 Å². The van der Waals surface area contributed by atoms with Crippen LogP contribution in [0.2, 0.25) is 0 Å². The van der Waals surface area contributed by atoms with Gasteiger partial charge in [0.2, 0.25) is 5.78 Å². The van der Waals surface area contributed by atoms with Crippen LogP contribution >= 0.6 is 0 Å². The molecule has 2 aromatic rings. The van der Waals surface area contributed by atoms with E-state index in [1.807, 2.05) is 0 Å². The van der Waals surface area contributed by atoms with Crippen molar-refractivity contribution in [2.75, 3.05) is 0 Å². The van der Waals surface area contributed by atoms with E-state index in [4.69, 9.17) is 5.73 Å². The Labute approximate surface area is 219 Å². The van der Waals surface area contributed by atoms with Crippen molar-refractivity contribution in [3.63, 3.8) is 0 Å². The van der Waals surface area contributed by atoms with Crippen molar-refractivity contribution >= 4 is 23.2 Å². The summed E-state index contributed by atoms with van der Waals surface area (Å²) in [7, 11) is 0. The van der Waals surface area contributed by atoms with Gasteiger partial charge in [0.05, 0.1) is 11.1 Å². The van der Waals surface area contributed by atoms with Crippen LogP contribution in [-0.2, 0) is 39.8 Å². The van der Waals surface area contributed by atoms with Crippen molar-refractivity contribution < 1.29 is 48.0 Å². The van der Waals surface area contributed by atoms with E-state index in [-0.39, 0.29) is 29.7 Å². The third-order valence-electron chi connectivity index (χ3n) is 8.01. The smallest absolute Gasteiger partial charge is 0.416 e. The fourth-order valence-corrected chi connectivity index (χ4v) is 6.06. The minimum Gasteiger partial charge on any atom is -0.508 e. The molecule has 6 N–H and O–H groups in total. The summed E-state index contributed by atoms with van der Waals surface area (Å²) in [6, 6.07) is 7.71. The summed E-state index contributed by atoms with van der Waals surface area (Å²) in [6.07, 6.45) is -3.97. The monoisotopic (exact) mass is 543 g/mol. The van der Waals surface area contributed by atoms with E-state index < -0.39 is 70.2 Å². The lowest BCUT2D eigenvalue weighted by Crippen LogP contribution is -2.58. The number of aromatic hydroxyl groups is 1. The second kappa shape index (κ2) is 8.98. The molecule has 2 aromatic carbocycles. The zero-order chi connectivity index (χ0) is 28.4. The first-order valence-electron chi connectivity index (χ1n) is 12.2. The molecule has 0 radical (unpaired) electrons. The number of aliphatic hydroxyl groups excluding tert-OH is 2. The van der Waals surface area contributed by atoms with Crippen molar-refractivity contribution in [2.45, 2.75) is 43.9 Å². The summed E-state index contributed by atoms with van der Waals surface area (Å²) in [5, 5.41) is 43.6. The van der Waals surface area contributed by atoms with Gasteiger partial charge in [-0.25, -0.2) is 0 Å². The second-order valence-electron chi connectivity index (χ2n) is 10.2. The Kier molecular flexibility index (Phi) is 6.10. The number of ketones is 2. The number of hydrogen-bond donors (Lipinski definition) is 5. The van der Waals surface area contributed by atoms with E-state index in [0.29, 0.717) is 29.5 Å². The minimum atomic E-state index is -4.45. The number of halogens is 3. The molecule has 0 bridgehead atoms. The van der Waals surface area contributed by atoms with Crippen LogP contribution in [0.25, 0.3) is 5.76 Å². The number of carbonyl (C=O) groups excluding carboxylic acids is 3. The number of amides is 1. The van der Waals surface area contributed by atoms with Gasteiger partial charge < -0.3 is 26.2 Å². The summed E-state index contributed by atoms with van der Waals surface area (Å²) in [5.74, 6) is -6.96. The van der Waals surface area contributed by atoms with E-state index >= 15 is 0 Å². The fraction of sp³-hybridized carbons (Fsp3) is 0.321. The molecule has 5 rings (SSSR count). The van der Waals surface area contributed by atoms with Gasteiger partial charge in [0.15, 0.2) is 11.4 Å². The van der Waals surface area contributed by atoms with Crippen molar-refractivity contribution in [1.29, 1.82) is 0 Å². The molecule has 0 aliphatic heterocycles. The molecule has 39 heavy (non-hydrogen) atoms. The maximum Gasteiger partial charge on any atom is 0.416 e. The van der Waals surface area contributed by atoms with Crippen LogP contribution in [0.5, 0.6) is 5.75 Å². The molecule has 8 nitrogen and oxygen atoms in total. The Balaban J connectivity index is 1.51. The SMILES string of the molecule is NC(=O)C1=C(O)[C@@]2(O)C(=O)C3=C(O)c4c(O)ccc(CCc5ccc(C(F)(F)F)cc5)c4C[C@H]3C[C@H]2CC1=O. The topological polar surface area (TPSA) is 158 Å². The molecule has 0 spiro atoms. The number of phenols is 1. The van der Waals surface area contributed by atoms with Gasteiger partial charge in [0, 0.05) is 17.9 Å². The lowest BCUT2D eigenvalue weighted by Gasteiger charge is -2.46. The number of hydrogen-bond acceptors (Lipinski definition) is 7. The summed E-state index contributed by atoms with van der Waals surface area (Å²) in [6.45, 7) is 0. The van der Waals surface area contributed by atoms with E-state index in [9.17, 15) is 48.0 Å². The molecule has 0 aromatic heterocycles. The maximum absolute atomic E-state index is 13.5. The van der Waals surface area contributed by atoms with Gasteiger partial charge in [-0.05, 0) is 66.5 Å². The molecule has 3 aliphatic carbocycles. The van der Waals surface area contributed by atoms with Crippen LogP contribution in [0.15, 0.2) is 53.3 Å². The molecule has 0 saturated heterocycles. The van der Waals surface area contributed by atoms with Gasteiger partial charge in [-0.1, -0.05) is 18.2 Å². The molecule has 1 saturated carbocycles. The summed E-state index contributed by atoms with van der Waals surface area (Å²) in [5.41, 5.74) is 2.55. The van der Waals surface area contributed by atoms with Crippen molar-refractivity contribution in [2.24, 2.45) is 17.6 Å². The van der Waals surface area contributed by atoms with Crippen LogP contribution in [0.3, 0.4) is 0 Å². The highest BCUT2D eigenvalue weighted by atomic mass is 19.4. The maximum atomic E-state index is 13.5. The molecule has 204 valence electrons. The Morgan fingerprint density at radius 2 is 1.67 bits per heavy atom. The third kappa shape index (κ3) is 4.08. The largest absolute Gasteiger partial charge is 0.508 e. The molecule has 1 amide bonds. The van der Waals surface area contributed by atoms with Gasteiger partial charge in [-0.2, -0.15) is 13.2 Å². The molecule has 1 fully saturated rings.